The molecule has 0 saturated heterocycles. The van der Waals surface area contributed by atoms with E-state index in [1.54, 1.807) is 13.8 Å². The van der Waals surface area contributed by atoms with Crippen LogP contribution >= 0.6 is 0 Å². The van der Waals surface area contributed by atoms with Crippen molar-refractivity contribution in [3.8, 4) is 11.1 Å². The molecule has 7 nitrogen and oxygen atoms in total. The summed E-state index contributed by atoms with van der Waals surface area (Å²) in [4.78, 5) is 37.3. The molecule has 2 aromatic rings. The maximum atomic E-state index is 12.9. The molecule has 0 spiro atoms. The molecule has 186 valence electrons. The van der Waals surface area contributed by atoms with Gasteiger partial charge in [0.1, 0.15) is 18.2 Å². The number of hydrogen-bond acceptors (Lipinski definition) is 4. The molecule has 4 rings (SSSR count). The predicted octanol–water partition coefficient (Wildman–Crippen LogP) is 4.84. The lowest BCUT2D eigenvalue weighted by atomic mass is 9.84. The van der Waals surface area contributed by atoms with Gasteiger partial charge in [0.05, 0.1) is 0 Å². The topological polar surface area (TPSA) is 105 Å². The molecular formula is C28H34N2O5. The minimum Gasteiger partial charge on any atom is -0.480 e. The number of nitrogens with one attached hydrogen (secondary N) is 2. The predicted molar refractivity (Wildman–Crippen MR) is 133 cm³/mol. The molecule has 0 radical (unpaired) electrons. The molecule has 0 heterocycles. The van der Waals surface area contributed by atoms with Gasteiger partial charge in [0.2, 0.25) is 5.91 Å². The quantitative estimate of drug-likeness (QED) is 0.503. The van der Waals surface area contributed by atoms with Crippen molar-refractivity contribution in [2.75, 3.05) is 6.61 Å². The SMILES string of the molecule is CC(C)(NC(=O)OCC1c2ccccc2-c2ccccc21)C(=O)NC(CC1CCCCC1)C(=O)O. The van der Waals surface area contributed by atoms with Gasteiger partial charge in [-0.05, 0) is 48.4 Å². The number of alkyl carbamates (subject to hydrolysis) is 1. The van der Waals surface area contributed by atoms with E-state index in [9.17, 15) is 19.5 Å². The summed E-state index contributed by atoms with van der Waals surface area (Å²) in [6, 6.07) is 15.1. The van der Waals surface area contributed by atoms with Crippen molar-refractivity contribution in [3.63, 3.8) is 0 Å². The number of hydrogen-bond donors (Lipinski definition) is 3. The Morgan fingerprint density at radius 1 is 0.971 bits per heavy atom. The Labute approximate surface area is 206 Å². The molecule has 2 aromatic carbocycles. The van der Waals surface area contributed by atoms with Crippen LogP contribution in [0.25, 0.3) is 11.1 Å². The first-order valence-electron chi connectivity index (χ1n) is 12.4. The Morgan fingerprint density at radius 3 is 2.11 bits per heavy atom. The van der Waals surface area contributed by atoms with Crippen molar-refractivity contribution < 1.29 is 24.2 Å². The van der Waals surface area contributed by atoms with Gasteiger partial charge < -0.3 is 20.5 Å². The molecule has 2 aliphatic rings. The second-order valence-corrected chi connectivity index (χ2v) is 10.2. The second kappa shape index (κ2) is 10.5. The van der Waals surface area contributed by atoms with Crippen LogP contribution in [0.15, 0.2) is 48.5 Å². The fraction of sp³-hybridized carbons (Fsp3) is 0.464. The number of carboxylic acids is 1. The minimum atomic E-state index is -1.33. The largest absolute Gasteiger partial charge is 0.480 e. The summed E-state index contributed by atoms with van der Waals surface area (Å²) in [6.45, 7) is 3.23. The van der Waals surface area contributed by atoms with Crippen molar-refractivity contribution in [1.29, 1.82) is 0 Å². The summed E-state index contributed by atoms with van der Waals surface area (Å²) >= 11 is 0. The first kappa shape index (κ1) is 24.8. The van der Waals surface area contributed by atoms with Crippen LogP contribution in [0.4, 0.5) is 4.79 Å². The lowest BCUT2D eigenvalue weighted by molar-refractivity contribution is -0.143. The number of carboxylic acid groups (broad SMARTS) is 1. The van der Waals surface area contributed by atoms with Crippen LogP contribution in [-0.4, -0.2) is 41.3 Å². The fourth-order valence-electron chi connectivity index (χ4n) is 5.26. The highest BCUT2D eigenvalue weighted by atomic mass is 16.5. The van der Waals surface area contributed by atoms with Gasteiger partial charge in [0.15, 0.2) is 0 Å². The summed E-state index contributed by atoms with van der Waals surface area (Å²) in [5.41, 5.74) is 3.14. The lowest BCUT2D eigenvalue weighted by Crippen LogP contribution is -2.58. The Hall–Kier alpha value is -3.35. The maximum Gasteiger partial charge on any atom is 0.408 e. The van der Waals surface area contributed by atoms with Crippen LogP contribution < -0.4 is 10.6 Å². The van der Waals surface area contributed by atoms with Crippen molar-refractivity contribution in [2.24, 2.45) is 5.92 Å². The van der Waals surface area contributed by atoms with Gasteiger partial charge in [-0.1, -0.05) is 80.6 Å². The van der Waals surface area contributed by atoms with Gasteiger partial charge in [-0.15, -0.1) is 0 Å². The van der Waals surface area contributed by atoms with Crippen molar-refractivity contribution in [1.82, 2.24) is 10.6 Å². The van der Waals surface area contributed by atoms with E-state index >= 15 is 0 Å². The maximum absolute atomic E-state index is 12.9. The number of fused-ring (bicyclic) bond motifs is 3. The highest BCUT2D eigenvalue weighted by molar-refractivity contribution is 5.92. The van der Waals surface area contributed by atoms with Crippen molar-refractivity contribution in [2.45, 2.75) is 69.9 Å². The summed E-state index contributed by atoms with van der Waals surface area (Å²) in [5.74, 6) is -1.39. The van der Waals surface area contributed by atoms with Crippen LogP contribution in [0.5, 0.6) is 0 Å². The van der Waals surface area contributed by atoms with E-state index in [2.05, 4.69) is 22.8 Å². The first-order chi connectivity index (χ1) is 16.8. The molecule has 3 N–H and O–H groups in total. The Balaban J connectivity index is 1.35. The van der Waals surface area contributed by atoms with Gasteiger partial charge in [0, 0.05) is 5.92 Å². The van der Waals surface area contributed by atoms with Crippen LogP contribution in [0, 0.1) is 5.92 Å². The van der Waals surface area contributed by atoms with Crippen LogP contribution in [0.1, 0.15) is 69.4 Å². The van der Waals surface area contributed by atoms with E-state index in [-0.39, 0.29) is 12.5 Å². The number of ether oxygens (including phenoxy) is 1. The zero-order valence-electron chi connectivity index (χ0n) is 20.4. The summed E-state index contributed by atoms with van der Waals surface area (Å²) < 4.78 is 5.55. The number of rotatable bonds is 8. The molecule has 1 atom stereocenters. The highest BCUT2D eigenvalue weighted by Gasteiger charge is 2.35. The Morgan fingerprint density at radius 2 is 1.54 bits per heavy atom. The molecular weight excluding hydrogens is 444 g/mol. The zero-order valence-corrected chi connectivity index (χ0v) is 20.4. The van der Waals surface area contributed by atoms with Crippen LogP contribution in [0.3, 0.4) is 0 Å². The minimum absolute atomic E-state index is 0.0861. The molecule has 7 heteroatoms. The molecule has 35 heavy (non-hydrogen) atoms. The number of aliphatic carboxylic acids is 1. The summed E-state index contributed by atoms with van der Waals surface area (Å²) in [5, 5.41) is 14.9. The number of carbonyl (C=O) groups excluding carboxylic acids is 2. The smallest absolute Gasteiger partial charge is 0.408 e. The normalized spacial score (nSPS) is 16.6. The molecule has 1 saturated carbocycles. The van der Waals surface area contributed by atoms with Crippen molar-refractivity contribution >= 4 is 18.0 Å². The van der Waals surface area contributed by atoms with Crippen LogP contribution in [0.2, 0.25) is 0 Å². The molecule has 0 aliphatic heterocycles. The van der Waals surface area contributed by atoms with E-state index in [4.69, 9.17) is 4.74 Å². The number of amides is 2. The third-order valence-corrected chi connectivity index (χ3v) is 7.22. The fourth-order valence-corrected chi connectivity index (χ4v) is 5.26. The summed E-state index contributed by atoms with van der Waals surface area (Å²) in [7, 11) is 0. The monoisotopic (exact) mass is 478 g/mol. The van der Waals surface area contributed by atoms with Gasteiger partial charge in [0.25, 0.3) is 0 Å². The van der Waals surface area contributed by atoms with Gasteiger partial charge in [-0.3, -0.25) is 4.79 Å². The number of carbonyl (C=O) groups is 3. The third-order valence-electron chi connectivity index (χ3n) is 7.22. The highest BCUT2D eigenvalue weighted by Crippen LogP contribution is 2.44. The average Bonchev–Trinajstić information content (AvgIpc) is 3.16. The molecule has 1 fully saturated rings. The van der Waals surface area contributed by atoms with E-state index < -0.39 is 29.6 Å². The Bertz CT molecular complexity index is 1040. The standard InChI is InChI=1S/C28H34N2O5/c1-28(2,26(33)29-24(25(31)32)16-18-10-4-3-5-11-18)30-27(34)35-17-23-21-14-8-6-12-19(21)20-13-7-9-15-22(20)23/h6-9,12-15,18,23-24H,3-5,10-11,16-17H2,1-2H3,(H,29,33)(H,30,34)(H,31,32). The van der Waals surface area contributed by atoms with E-state index in [0.717, 1.165) is 47.9 Å². The van der Waals surface area contributed by atoms with Crippen LogP contribution in [-0.2, 0) is 14.3 Å². The van der Waals surface area contributed by atoms with Gasteiger partial charge in [-0.2, -0.15) is 0 Å². The number of benzene rings is 2. The van der Waals surface area contributed by atoms with E-state index in [1.807, 2.05) is 36.4 Å². The molecule has 2 aliphatic carbocycles. The van der Waals surface area contributed by atoms with Crippen molar-refractivity contribution in [3.05, 3.63) is 59.7 Å². The third kappa shape index (κ3) is 5.66. The van der Waals surface area contributed by atoms with E-state index in [0.29, 0.717) is 12.3 Å². The summed E-state index contributed by atoms with van der Waals surface area (Å²) in [6.07, 6.45) is 5.03. The lowest BCUT2D eigenvalue weighted by Gasteiger charge is -2.29. The molecule has 1 unspecified atom stereocenters. The second-order valence-electron chi connectivity index (χ2n) is 10.2. The molecule has 0 aromatic heterocycles. The molecule has 2 amide bonds. The average molecular weight is 479 g/mol. The Kier molecular flexibility index (Phi) is 7.43. The van der Waals surface area contributed by atoms with E-state index in [1.165, 1.54) is 6.42 Å². The van der Waals surface area contributed by atoms with Gasteiger partial charge in [-0.25, -0.2) is 9.59 Å². The zero-order chi connectivity index (χ0) is 25.0. The molecule has 0 bridgehead atoms. The first-order valence-corrected chi connectivity index (χ1v) is 12.4. The van der Waals surface area contributed by atoms with Gasteiger partial charge >= 0.3 is 12.1 Å².